The van der Waals surface area contributed by atoms with Crippen LogP contribution in [0.1, 0.15) is 25.7 Å². The van der Waals surface area contributed by atoms with E-state index >= 15 is 0 Å². The van der Waals surface area contributed by atoms with Crippen molar-refractivity contribution in [3.05, 3.63) is 0 Å². The minimum Gasteiger partial charge on any atom is -0.313 e. The number of piperidine rings is 1. The summed E-state index contributed by atoms with van der Waals surface area (Å²) in [5.41, 5.74) is 0. The summed E-state index contributed by atoms with van der Waals surface area (Å²) in [6, 6.07) is 0.346. The maximum atomic E-state index is 10.4. The Morgan fingerprint density at radius 2 is 2.40 bits per heavy atom. The van der Waals surface area contributed by atoms with Gasteiger partial charge in [0.25, 0.3) is 0 Å². The summed E-state index contributed by atoms with van der Waals surface area (Å²) in [7, 11) is 0. The van der Waals surface area contributed by atoms with E-state index < -0.39 is 0 Å². The van der Waals surface area contributed by atoms with E-state index in [1.54, 1.807) is 0 Å². The van der Waals surface area contributed by atoms with Gasteiger partial charge in [-0.3, -0.25) is 4.79 Å². The largest absolute Gasteiger partial charge is 0.313 e. The SMILES string of the molecule is O=C(Cl)CC1CCCCN1. The molecule has 1 saturated heterocycles. The lowest BCUT2D eigenvalue weighted by atomic mass is 10.0. The molecule has 0 amide bonds. The first-order chi connectivity index (χ1) is 4.79. The molecule has 0 saturated carbocycles. The van der Waals surface area contributed by atoms with Crippen LogP contribution in [0, 0.1) is 0 Å². The number of hydrogen-bond acceptors (Lipinski definition) is 2. The lowest BCUT2D eigenvalue weighted by molar-refractivity contribution is -0.112. The average Bonchev–Trinajstić information content (AvgIpc) is 1.88. The summed E-state index contributed by atoms with van der Waals surface area (Å²) in [6.45, 7) is 1.04. The first-order valence-electron chi connectivity index (χ1n) is 3.71. The Labute approximate surface area is 65.9 Å². The third kappa shape index (κ3) is 2.67. The highest BCUT2D eigenvalue weighted by Crippen LogP contribution is 2.10. The number of hydrogen-bond donors (Lipinski definition) is 1. The highest BCUT2D eigenvalue weighted by atomic mass is 35.5. The number of nitrogens with one attached hydrogen (secondary N) is 1. The Morgan fingerprint density at radius 3 is 2.90 bits per heavy atom. The fourth-order valence-electron chi connectivity index (χ4n) is 1.29. The topological polar surface area (TPSA) is 29.1 Å². The summed E-state index contributed by atoms with van der Waals surface area (Å²) in [4.78, 5) is 10.4. The van der Waals surface area contributed by atoms with E-state index in [0.717, 1.165) is 13.0 Å². The molecule has 1 unspecified atom stereocenters. The van der Waals surface area contributed by atoms with Gasteiger partial charge >= 0.3 is 0 Å². The van der Waals surface area contributed by atoms with Crippen molar-refractivity contribution in [1.82, 2.24) is 5.32 Å². The van der Waals surface area contributed by atoms with Crippen LogP contribution in [0.4, 0.5) is 0 Å². The van der Waals surface area contributed by atoms with Gasteiger partial charge in [0.1, 0.15) is 0 Å². The van der Waals surface area contributed by atoms with Crippen LogP contribution in [0.15, 0.2) is 0 Å². The highest BCUT2D eigenvalue weighted by molar-refractivity contribution is 6.63. The molecule has 0 aliphatic carbocycles. The first kappa shape index (κ1) is 8.02. The van der Waals surface area contributed by atoms with Crippen molar-refractivity contribution in [3.63, 3.8) is 0 Å². The lowest BCUT2D eigenvalue weighted by Gasteiger charge is -2.21. The van der Waals surface area contributed by atoms with Crippen molar-refractivity contribution in [2.75, 3.05) is 6.54 Å². The van der Waals surface area contributed by atoms with Crippen LogP contribution in [-0.2, 0) is 4.79 Å². The van der Waals surface area contributed by atoms with Gasteiger partial charge in [0.05, 0.1) is 0 Å². The molecule has 2 nitrogen and oxygen atoms in total. The van der Waals surface area contributed by atoms with Gasteiger partial charge in [0.15, 0.2) is 0 Å². The van der Waals surface area contributed by atoms with Gasteiger partial charge in [-0.15, -0.1) is 0 Å². The second-order valence-corrected chi connectivity index (χ2v) is 3.13. The normalized spacial score (nSPS) is 26.3. The summed E-state index contributed by atoms with van der Waals surface area (Å²) in [5.74, 6) is 0. The molecule has 0 spiro atoms. The summed E-state index contributed by atoms with van der Waals surface area (Å²) in [5, 5.41) is 3.02. The van der Waals surface area contributed by atoms with Crippen molar-refractivity contribution < 1.29 is 4.79 Å². The molecule has 1 atom stereocenters. The molecule has 1 rings (SSSR count). The molecule has 3 heteroatoms. The lowest BCUT2D eigenvalue weighted by Crippen LogP contribution is -2.34. The van der Waals surface area contributed by atoms with Crippen molar-refractivity contribution in [2.24, 2.45) is 0 Å². The van der Waals surface area contributed by atoms with E-state index in [0.29, 0.717) is 12.5 Å². The van der Waals surface area contributed by atoms with Crippen LogP contribution in [0.5, 0.6) is 0 Å². The average molecular weight is 162 g/mol. The predicted molar refractivity (Wildman–Crippen MR) is 41.1 cm³/mol. The Kier molecular flexibility index (Phi) is 3.16. The quantitative estimate of drug-likeness (QED) is 0.619. The van der Waals surface area contributed by atoms with Gasteiger partial charge in [-0.05, 0) is 31.0 Å². The van der Waals surface area contributed by atoms with Crippen molar-refractivity contribution >= 4 is 16.8 Å². The van der Waals surface area contributed by atoms with Gasteiger partial charge in [0.2, 0.25) is 5.24 Å². The Bertz CT molecular complexity index is 121. The molecule has 1 aliphatic heterocycles. The van der Waals surface area contributed by atoms with Gasteiger partial charge in [0, 0.05) is 12.5 Å². The molecule has 1 aliphatic rings. The fourth-order valence-corrected chi connectivity index (χ4v) is 1.48. The summed E-state index contributed by atoms with van der Waals surface area (Å²) in [6.07, 6.45) is 4.04. The van der Waals surface area contributed by atoms with E-state index in [-0.39, 0.29) is 5.24 Å². The molecule has 1 heterocycles. The molecular formula is C7H12ClNO. The van der Waals surface area contributed by atoms with Crippen molar-refractivity contribution in [3.8, 4) is 0 Å². The van der Waals surface area contributed by atoms with Crippen LogP contribution in [-0.4, -0.2) is 17.8 Å². The smallest absolute Gasteiger partial charge is 0.223 e. The zero-order valence-corrected chi connectivity index (χ0v) is 6.66. The molecule has 1 fully saturated rings. The van der Waals surface area contributed by atoms with E-state index in [1.165, 1.54) is 12.8 Å². The molecule has 0 aromatic heterocycles. The standard InChI is InChI=1S/C7H12ClNO/c8-7(10)5-6-3-1-2-4-9-6/h6,9H,1-5H2. The molecule has 0 bridgehead atoms. The van der Waals surface area contributed by atoms with Crippen molar-refractivity contribution in [1.29, 1.82) is 0 Å². The van der Waals surface area contributed by atoms with Crippen LogP contribution in [0.2, 0.25) is 0 Å². The van der Waals surface area contributed by atoms with Gasteiger partial charge in [-0.1, -0.05) is 6.42 Å². The maximum absolute atomic E-state index is 10.4. The second-order valence-electron chi connectivity index (χ2n) is 2.71. The van der Waals surface area contributed by atoms with Gasteiger partial charge in [-0.2, -0.15) is 0 Å². The van der Waals surface area contributed by atoms with Crippen LogP contribution in [0.25, 0.3) is 0 Å². The highest BCUT2D eigenvalue weighted by Gasteiger charge is 2.14. The first-order valence-corrected chi connectivity index (χ1v) is 4.08. The number of rotatable bonds is 2. The molecule has 0 radical (unpaired) electrons. The Hall–Kier alpha value is -0.0800. The number of halogens is 1. The molecule has 1 N–H and O–H groups in total. The third-order valence-corrected chi connectivity index (χ3v) is 1.97. The number of carbonyl (C=O) groups excluding carboxylic acids is 1. The zero-order chi connectivity index (χ0) is 7.40. The van der Waals surface area contributed by atoms with Crippen LogP contribution in [0.3, 0.4) is 0 Å². The predicted octanol–water partition coefficient (Wildman–Crippen LogP) is 1.28. The van der Waals surface area contributed by atoms with E-state index in [4.69, 9.17) is 11.6 Å². The molecule has 58 valence electrons. The second kappa shape index (κ2) is 3.94. The molecule has 10 heavy (non-hydrogen) atoms. The molecule has 0 aromatic rings. The minimum absolute atomic E-state index is 0.223. The van der Waals surface area contributed by atoms with E-state index in [1.807, 2.05) is 0 Å². The maximum Gasteiger partial charge on any atom is 0.223 e. The third-order valence-electron chi connectivity index (χ3n) is 1.82. The summed E-state index contributed by atoms with van der Waals surface area (Å²) < 4.78 is 0. The Balaban J connectivity index is 2.19. The van der Waals surface area contributed by atoms with E-state index in [2.05, 4.69) is 5.32 Å². The van der Waals surface area contributed by atoms with Crippen molar-refractivity contribution in [2.45, 2.75) is 31.7 Å². The zero-order valence-electron chi connectivity index (χ0n) is 5.90. The molecule has 0 aromatic carbocycles. The minimum atomic E-state index is -0.223. The van der Waals surface area contributed by atoms with Crippen LogP contribution < -0.4 is 5.32 Å². The fraction of sp³-hybridized carbons (Fsp3) is 0.857. The Morgan fingerprint density at radius 1 is 1.60 bits per heavy atom. The summed E-state index contributed by atoms with van der Waals surface area (Å²) >= 11 is 5.23. The monoisotopic (exact) mass is 161 g/mol. The van der Waals surface area contributed by atoms with Crippen LogP contribution >= 0.6 is 11.6 Å². The number of carbonyl (C=O) groups is 1. The van der Waals surface area contributed by atoms with E-state index in [9.17, 15) is 4.79 Å². The van der Waals surface area contributed by atoms with Gasteiger partial charge < -0.3 is 5.32 Å². The van der Waals surface area contributed by atoms with Gasteiger partial charge in [-0.25, -0.2) is 0 Å². The molecular weight excluding hydrogens is 150 g/mol.